The molecule has 148 valence electrons. The molecule has 27 heavy (non-hydrogen) atoms. The zero-order chi connectivity index (χ0) is 19.2. The number of amides is 2. The lowest BCUT2D eigenvalue weighted by Gasteiger charge is -2.35. The first kappa shape index (κ1) is 19.4. The molecule has 2 fully saturated rings. The minimum absolute atomic E-state index is 0.0144. The molecule has 2 N–H and O–H groups in total. The maximum Gasteiger partial charge on any atom is 0.409 e. The van der Waals surface area contributed by atoms with E-state index in [4.69, 9.17) is 9.47 Å². The van der Waals surface area contributed by atoms with Crippen LogP contribution in [-0.4, -0.2) is 73.3 Å². The normalized spacial score (nSPS) is 22.6. The Kier molecular flexibility index (Phi) is 6.46. The number of rotatable bonds is 5. The van der Waals surface area contributed by atoms with Gasteiger partial charge in [-0.25, -0.2) is 14.6 Å². The molecule has 0 aliphatic carbocycles. The fourth-order valence-electron chi connectivity index (χ4n) is 3.19. The highest BCUT2D eigenvalue weighted by Crippen LogP contribution is 2.17. The number of carbonyl (C=O) groups is 2. The summed E-state index contributed by atoms with van der Waals surface area (Å²) in [6, 6.07) is 5.77. The van der Waals surface area contributed by atoms with Gasteiger partial charge in [-0.3, -0.25) is 10.2 Å². The first-order chi connectivity index (χ1) is 13.1. The molecule has 0 aromatic heterocycles. The third-order valence-electron chi connectivity index (χ3n) is 4.67. The van der Waals surface area contributed by atoms with Gasteiger partial charge < -0.3 is 19.3 Å². The van der Waals surface area contributed by atoms with E-state index >= 15 is 0 Å². The lowest BCUT2D eigenvalue weighted by atomic mass is 10.1. The largest absolute Gasteiger partial charge is 0.489 e. The highest BCUT2D eigenvalue weighted by Gasteiger charge is 2.34. The molecule has 2 aliphatic heterocycles. The molecule has 2 unspecified atom stereocenters. The lowest BCUT2D eigenvalue weighted by molar-refractivity contribution is -0.134. The van der Waals surface area contributed by atoms with Gasteiger partial charge in [0.25, 0.3) is 0 Å². The number of para-hydroxylation sites is 1. The standard InChI is InChI=1S/C18H25FN4O4/c1-2-26-18(25)23-9-7-22(8-10-23)17(24)15-11-13(20-21-15)12-27-16-6-4-3-5-14(16)19/h3-6,13,15,20-21H,2,7-12H2,1H3. The first-order valence-corrected chi connectivity index (χ1v) is 9.17. The van der Waals surface area contributed by atoms with Gasteiger partial charge in [0.05, 0.1) is 12.6 Å². The zero-order valence-electron chi connectivity index (χ0n) is 15.3. The van der Waals surface area contributed by atoms with Gasteiger partial charge in [0.1, 0.15) is 12.6 Å². The molecule has 0 bridgehead atoms. The number of ether oxygens (including phenoxy) is 2. The number of halogens is 1. The van der Waals surface area contributed by atoms with Gasteiger partial charge in [-0.05, 0) is 25.5 Å². The number of hydrogen-bond donors (Lipinski definition) is 2. The van der Waals surface area contributed by atoms with Gasteiger partial charge in [0, 0.05) is 26.2 Å². The summed E-state index contributed by atoms with van der Waals surface area (Å²) in [5.74, 6) is -0.223. The average molecular weight is 380 g/mol. The molecule has 2 saturated heterocycles. The highest BCUT2D eigenvalue weighted by molar-refractivity contribution is 5.82. The van der Waals surface area contributed by atoms with E-state index in [2.05, 4.69) is 10.9 Å². The Morgan fingerprint density at radius 3 is 2.56 bits per heavy atom. The number of carbonyl (C=O) groups excluding carboxylic acids is 2. The Bertz CT molecular complexity index is 667. The van der Waals surface area contributed by atoms with Crippen molar-refractivity contribution in [3.05, 3.63) is 30.1 Å². The summed E-state index contributed by atoms with van der Waals surface area (Å²) in [6.45, 7) is 4.25. The van der Waals surface area contributed by atoms with E-state index in [-0.39, 0.29) is 36.4 Å². The van der Waals surface area contributed by atoms with Crippen LogP contribution in [0.5, 0.6) is 5.75 Å². The van der Waals surface area contributed by atoms with Crippen LogP contribution in [-0.2, 0) is 9.53 Å². The summed E-state index contributed by atoms with van der Waals surface area (Å²) in [5.41, 5.74) is 6.02. The van der Waals surface area contributed by atoms with E-state index in [0.29, 0.717) is 39.2 Å². The van der Waals surface area contributed by atoms with Gasteiger partial charge in [0.2, 0.25) is 5.91 Å². The molecule has 3 rings (SSSR count). The molecule has 1 aromatic carbocycles. The van der Waals surface area contributed by atoms with Crippen molar-refractivity contribution < 1.29 is 23.5 Å². The van der Waals surface area contributed by atoms with Crippen LogP contribution in [0.3, 0.4) is 0 Å². The van der Waals surface area contributed by atoms with Crippen LogP contribution < -0.4 is 15.6 Å². The van der Waals surface area contributed by atoms with Crippen molar-refractivity contribution >= 4 is 12.0 Å². The smallest absolute Gasteiger partial charge is 0.409 e. The highest BCUT2D eigenvalue weighted by atomic mass is 19.1. The van der Waals surface area contributed by atoms with Gasteiger partial charge in [-0.15, -0.1) is 0 Å². The summed E-state index contributed by atoms with van der Waals surface area (Å²) < 4.78 is 24.1. The molecule has 9 heteroatoms. The van der Waals surface area contributed by atoms with Gasteiger partial charge in [-0.2, -0.15) is 0 Å². The van der Waals surface area contributed by atoms with Crippen LogP contribution >= 0.6 is 0 Å². The molecule has 2 atom stereocenters. The molecule has 2 heterocycles. The predicted molar refractivity (Wildman–Crippen MR) is 95.5 cm³/mol. The Morgan fingerprint density at radius 2 is 1.85 bits per heavy atom. The fourth-order valence-corrected chi connectivity index (χ4v) is 3.19. The Morgan fingerprint density at radius 1 is 1.15 bits per heavy atom. The second-order valence-corrected chi connectivity index (χ2v) is 6.53. The summed E-state index contributed by atoms with van der Waals surface area (Å²) in [5, 5.41) is 0. The number of hydrogen-bond acceptors (Lipinski definition) is 6. The number of benzene rings is 1. The minimum Gasteiger partial charge on any atom is -0.489 e. The topological polar surface area (TPSA) is 83.1 Å². The number of nitrogens with zero attached hydrogens (tertiary/aromatic N) is 2. The Balaban J connectivity index is 1.43. The fraction of sp³-hybridized carbons (Fsp3) is 0.556. The molecule has 2 aliphatic rings. The van der Waals surface area contributed by atoms with Crippen molar-refractivity contribution in [1.29, 1.82) is 0 Å². The lowest BCUT2D eigenvalue weighted by Crippen LogP contribution is -2.54. The molecular weight excluding hydrogens is 355 g/mol. The predicted octanol–water partition coefficient (Wildman–Crippen LogP) is 0.740. The maximum atomic E-state index is 13.6. The van der Waals surface area contributed by atoms with E-state index in [9.17, 15) is 14.0 Å². The van der Waals surface area contributed by atoms with Gasteiger partial charge in [0.15, 0.2) is 11.6 Å². The van der Waals surface area contributed by atoms with Crippen molar-refractivity contribution in [3.8, 4) is 5.75 Å². The quantitative estimate of drug-likeness (QED) is 0.784. The van der Waals surface area contributed by atoms with E-state index in [1.165, 1.54) is 6.07 Å². The van der Waals surface area contributed by atoms with E-state index in [1.807, 2.05) is 0 Å². The third-order valence-corrected chi connectivity index (χ3v) is 4.67. The molecule has 0 radical (unpaired) electrons. The van der Waals surface area contributed by atoms with Crippen molar-refractivity contribution in [3.63, 3.8) is 0 Å². The van der Waals surface area contributed by atoms with Crippen LogP contribution in [0.15, 0.2) is 24.3 Å². The van der Waals surface area contributed by atoms with Crippen molar-refractivity contribution in [1.82, 2.24) is 20.7 Å². The average Bonchev–Trinajstić information content (AvgIpc) is 3.16. The van der Waals surface area contributed by atoms with Crippen LogP contribution in [0.25, 0.3) is 0 Å². The molecule has 8 nitrogen and oxygen atoms in total. The SMILES string of the molecule is CCOC(=O)N1CCN(C(=O)C2CC(COc3ccccc3F)NN2)CC1. The maximum absolute atomic E-state index is 13.6. The van der Waals surface area contributed by atoms with Crippen LogP contribution in [0.4, 0.5) is 9.18 Å². The van der Waals surface area contributed by atoms with Gasteiger partial charge in [-0.1, -0.05) is 12.1 Å². The van der Waals surface area contributed by atoms with E-state index in [1.54, 1.807) is 34.9 Å². The Labute approximate surface area is 157 Å². The first-order valence-electron chi connectivity index (χ1n) is 9.17. The second-order valence-electron chi connectivity index (χ2n) is 6.53. The number of piperazine rings is 1. The van der Waals surface area contributed by atoms with Crippen molar-refractivity contribution in [2.24, 2.45) is 0 Å². The monoisotopic (exact) mass is 380 g/mol. The Hall–Kier alpha value is -2.39. The molecule has 2 amide bonds. The molecule has 0 spiro atoms. The van der Waals surface area contributed by atoms with Crippen molar-refractivity contribution in [2.75, 3.05) is 39.4 Å². The number of hydrazine groups is 1. The summed E-state index contributed by atoms with van der Waals surface area (Å²) >= 11 is 0. The van der Waals surface area contributed by atoms with Crippen molar-refractivity contribution in [2.45, 2.75) is 25.4 Å². The van der Waals surface area contributed by atoms with E-state index < -0.39 is 5.82 Å². The molecular formula is C18H25FN4O4. The third kappa shape index (κ3) is 4.86. The molecule has 1 aromatic rings. The van der Waals surface area contributed by atoms with Crippen LogP contribution in [0.1, 0.15) is 13.3 Å². The second kappa shape index (κ2) is 9.01. The zero-order valence-corrected chi connectivity index (χ0v) is 15.3. The van der Waals surface area contributed by atoms with Crippen LogP contribution in [0, 0.1) is 5.82 Å². The number of nitrogens with one attached hydrogen (secondary N) is 2. The summed E-state index contributed by atoms with van der Waals surface area (Å²) in [7, 11) is 0. The minimum atomic E-state index is -0.407. The van der Waals surface area contributed by atoms with Gasteiger partial charge >= 0.3 is 6.09 Å². The summed E-state index contributed by atoms with van der Waals surface area (Å²) in [6.07, 6.45) is 0.210. The van der Waals surface area contributed by atoms with E-state index in [0.717, 1.165) is 0 Å². The van der Waals surface area contributed by atoms with Crippen LogP contribution in [0.2, 0.25) is 0 Å². The summed E-state index contributed by atoms with van der Waals surface area (Å²) in [4.78, 5) is 27.7. The molecule has 0 saturated carbocycles.